The molecular weight excluding hydrogens is 313 g/mol. The Hall–Kier alpha value is -1.51. The predicted molar refractivity (Wildman–Crippen MR) is 82.6 cm³/mol. The highest BCUT2D eigenvalue weighted by Crippen LogP contribution is 2.32. The van der Waals surface area contributed by atoms with E-state index in [9.17, 15) is 13.2 Å². The van der Waals surface area contributed by atoms with Gasteiger partial charge in [0.2, 0.25) is 0 Å². The van der Waals surface area contributed by atoms with E-state index in [1.807, 2.05) is 6.08 Å². The molecule has 2 rings (SSSR count). The number of hydrogen-bond acceptors (Lipinski definition) is 2. The molecule has 0 amide bonds. The van der Waals surface area contributed by atoms with Gasteiger partial charge in [-0.2, -0.15) is 18.4 Å². The molecular formula is C16H18ClF3N2. The number of nitrogens with zero attached hydrogens (tertiary/aromatic N) is 2. The Balaban J connectivity index is 0.00000242. The molecule has 0 saturated heterocycles. The van der Waals surface area contributed by atoms with Crippen molar-refractivity contribution in [1.82, 2.24) is 4.90 Å². The Labute approximate surface area is 134 Å². The summed E-state index contributed by atoms with van der Waals surface area (Å²) >= 11 is 0. The van der Waals surface area contributed by atoms with Gasteiger partial charge in [0.1, 0.15) is 0 Å². The Morgan fingerprint density at radius 1 is 1.27 bits per heavy atom. The first-order valence-corrected chi connectivity index (χ1v) is 6.96. The van der Waals surface area contributed by atoms with Crippen LogP contribution in [0.15, 0.2) is 30.3 Å². The van der Waals surface area contributed by atoms with Gasteiger partial charge in [-0.3, -0.25) is 4.90 Å². The largest absolute Gasteiger partial charge is 0.416 e. The first-order chi connectivity index (χ1) is 10.0. The lowest BCUT2D eigenvalue weighted by atomic mass is 9.97. The van der Waals surface area contributed by atoms with Crippen molar-refractivity contribution in [1.29, 1.82) is 5.26 Å². The van der Waals surface area contributed by atoms with Gasteiger partial charge in [-0.25, -0.2) is 0 Å². The average Bonchev–Trinajstić information content (AvgIpc) is 2.47. The van der Waals surface area contributed by atoms with Crippen molar-refractivity contribution >= 4 is 18.0 Å². The second kappa shape index (κ2) is 8.21. The fraction of sp³-hybridized carbons (Fsp3) is 0.438. The van der Waals surface area contributed by atoms with Gasteiger partial charge in [-0.15, -0.1) is 12.4 Å². The van der Waals surface area contributed by atoms with Crippen LogP contribution in [0, 0.1) is 11.3 Å². The molecule has 0 fully saturated rings. The standard InChI is InChI=1S/C16H17F3N2.ClH/c17-16(18,19)15-5-3-4-14(12-15)13-6-10-21(11-7-13)9-2-1-8-20;/h3-6,12H,1-2,7,9-11H2;1H. The molecule has 0 spiro atoms. The van der Waals surface area contributed by atoms with E-state index in [2.05, 4.69) is 11.0 Å². The number of unbranched alkanes of at least 4 members (excludes halogenated alkanes) is 1. The maximum atomic E-state index is 12.7. The number of rotatable bonds is 4. The van der Waals surface area contributed by atoms with E-state index in [0.29, 0.717) is 12.0 Å². The van der Waals surface area contributed by atoms with Crippen molar-refractivity contribution in [3.63, 3.8) is 0 Å². The smallest absolute Gasteiger partial charge is 0.299 e. The topological polar surface area (TPSA) is 27.0 Å². The van der Waals surface area contributed by atoms with E-state index in [1.165, 1.54) is 12.1 Å². The summed E-state index contributed by atoms with van der Waals surface area (Å²) in [5.74, 6) is 0. The predicted octanol–water partition coefficient (Wildman–Crippen LogP) is 4.52. The van der Waals surface area contributed by atoms with E-state index in [1.54, 1.807) is 6.07 Å². The minimum Gasteiger partial charge on any atom is -0.299 e. The lowest BCUT2D eigenvalue weighted by molar-refractivity contribution is -0.137. The molecule has 0 bridgehead atoms. The monoisotopic (exact) mass is 330 g/mol. The molecule has 6 heteroatoms. The van der Waals surface area contributed by atoms with Gasteiger partial charge in [0.25, 0.3) is 0 Å². The van der Waals surface area contributed by atoms with Crippen molar-refractivity contribution in [3.05, 3.63) is 41.5 Å². The van der Waals surface area contributed by atoms with Gasteiger partial charge in [-0.1, -0.05) is 18.2 Å². The van der Waals surface area contributed by atoms with Crippen LogP contribution >= 0.6 is 12.4 Å². The Morgan fingerprint density at radius 2 is 2.05 bits per heavy atom. The van der Waals surface area contributed by atoms with E-state index in [-0.39, 0.29) is 12.4 Å². The number of halogens is 4. The van der Waals surface area contributed by atoms with Gasteiger partial charge >= 0.3 is 6.18 Å². The summed E-state index contributed by atoms with van der Waals surface area (Å²) in [4.78, 5) is 2.22. The van der Waals surface area contributed by atoms with Crippen LogP contribution < -0.4 is 0 Å². The highest BCUT2D eigenvalue weighted by Gasteiger charge is 2.30. The zero-order valence-electron chi connectivity index (χ0n) is 12.1. The maximum Gasteiger partial charge on any atom is 0.416 e. The molecule has 1 aliphatic rings. The van der Waals surface area contributed by atoms with Gasteiger partial charge in [0, 0.05) is 19.5 Å². The third-order valence-electron chi connectivity index (χ3n) is 3.62. The minimum absolute atomic E-state index is 0. The van der Waals surface area contributed by atoms with Crippen molar-refractivity contribution in [2.45, 2.75) is 25.4 Å². The van der Waals surface area contributed by atoms with Crippen molar-refractivity contribution < 1.29 is 13.2 Å². The highest BCUT2D eigenvalue weighted by atomic mass is 35.5. The summed E-state index contributed by atoms with van der Waals surface area (Å²) < 4.78 is 38.1. The lowest BCUT2D eigenvalue weighted by Gasteiger charge is -2.26. The van der Waals surface area contributed by atoms with E-state index < -0.39 is 11.7 Å². The zero-order chi connectivity index (χ0) is 15.3. The summed E-state index contributed by atoms with van der Waals surface area (Å²) in [7, 11) is 0. The molecule has 0 radical (unpaired) electrons. The summed E-state index contributed by atoms with van der Waals surface area (Å²) in [6.45, 7) is 2.42. The molecule has 0 saturated carbocycles. The van der Waals surface area contributed by atoms with Crippen LogP contribution in [-0.2, 0) is 6.18 Å². The number of hydrogen-bond donors (Lipinski definition) is 0. The van der Waals surface area contributed by atoms with Gasteiger partial charge in [0.05, 0.1) is 11.6 Å². The van der Waals surface area contributed by atoms with Crippen molar-refractivity contribution in [3.8, 4) is 6.07 Å². The van der Waals surface area contributed by atoms with Crippen molar-refractivity contribution in [2.75, 3.05) is 19.6 Å². The zero-order valence-corrected chi connectivity index (χ0v) is 12.9. The molecule has 0 N–H and O–H groups in total. The molecule has 1 aliphatic heterocycles. The molecule has 0 aromatic heterocycles. The number of benzene rings is 1. The molecule has 22 heavy (non-hydrogen) atoms. The molecule has 2 nitrogen and oxygen atoms in total. The Bertz CT molecular complexity index is 561. The molecule has 1 aromatic carbocycles. The molecule has 0 atom stereocenters. The fourth-order valence-electron chi connectivity index (χ4n) is 2.45. The SMILES string of the molecule is Cl.N#CCCCN1CC=C(c2cccc(C(F)(F)F)c2)CC1. The summed E-state index contributed by atoms with van der Waals surface area (Å²) in [5.41, 5.74) is 1.02. The Kier molecular flexibility index (Phi) is 6.92. The van der Waals surface area contributed by atoms with Crippen LogP contribution in [0.4, 0.5) is 13.2 Å². The van der Waals surface area contributed by atoms with E-state index >= 15 is 0 Å². The van der Waals surface area contributed by atoms with Crippen LogP contribution in [-0.4, -0.2) is 24.5 Å². The van der Waals surface area contributed by atoms with Crippen LogP contribution in [0.5, 0.6) is 0 Å². The van der Waals surface area contributed by atoms with Gasteiger partial charge in [-0.05, 0) is 42.7 Å². The van der Waals surface area contributed by atoms with Gasteiger partial charge in [0.15, 0.2) is 0 Å². The minimum atomic E-state index is -4.30. The van der Waals surface area contributed by atoms with Crippen molar-refractivity contribution in [2.24, 2.45) is 0 Å². The molecule has 0 aliphatic carbocycles. The third kappa shape index (κ3) is 5.04. The second-order valence-electron chi connectivity index (χ2n) is 5.12. The number of alkyl halides is 3. The first-order valence-electron chi connectivity index (χ1n) is 6.96. The lowest BCUT2D eigenvalue weighted by Crippen LogP contribution is -2.29. The number of nitriles is 1. The summed E-state index contributed by atoms with van der Waals surface area (Å²) in [6.07, 6.45) is -0.183. The molecule has 0 unspecified atom stereocenters. The normalized spacial score (nSPS) is 15.6. The highest BCUT2D eigenvalue weighted by molar-refractivity contribution is 5.85. The fourth-order valence-corrected chi connectivity index (χ4v) is 2.45. The third-order valence-corrected chi connectivity index (χ3v) is 3.62. The molecule has 120 valence electrons. The van der Waals surface area contributed by atoms with Crippen LogP contribution in [0.1, 0.15) is 30.4 Å². The Morgan fingerprint density at radius 3 is 2.64 bits per heavy atom. The van der Waals surface area contributed by atoms with Crippen LogP contribution in [0.2, 0.25) is 0 Å². The second-order valence-corrected chi connectivity index (χ2v) is 5.12. The van der Waals surface area contributed by atoms with Crippen LogP contribution in [0.25, 0.3) is 5.57 Å². The summed E-state index contributed by atoms with van der Waals surface area (Å²) in [6, 6.07) is 7.62. The van der Waals surface area contributed by atoms with E-state index in [4.69, 9.17) is 5.26 Å². The van der Waals surface area contributed by atoms with Crippen LogP contribution in [0.3, 0.4) is 0 Å². The maximum absolute atomic E-state index is 12.7. The van der Waals surface area contributed by atoms with Gasteiger partial charge < -0.3 is 0 Å². The molecule has 1 heterocycles. The quantitative estimate of drug-likeness (QED) is 0.759. The first kappa shape index (κ1) is 18.5. The molecule has 1 aromatic rings. The average molecular weight is 331 g/mol. The summed E-state index contributed by atoms with van der Waals surface area (Å²) in [5, 5.41) is 8.51. The van der Waals surface area contributed by atoms with E-state index in [0.717, 1.165) is 44.1 Å².